The van der Waals surface area contributed by atoms with Crippen molar-refractivity contribution in [2.45, 2.75) is 11.4 Å². The fourth-order valence-corrected chi connectivity index (χ4v) is 3.93. The summed E-state index contributed by atoms with van der Waals surface area (Å²) in [4.78, 5) is 31.1. The van der Waals surface area contributed by atoms with Gasteiger partial charge < -0.3 is 15.0 Å². The molecule has 0 amide bonds. The Kier molecular flexibility index (Phi) is 3.78. The van der Waals surface area contributed by atoms with Crippen molar-refractivity contribution < 1.29 is 8.42 Å². The topological polar surface area (TPSA) is 133 Å². The maximum atomic E-state index is 12.5. The molecule has 4 N–H and O–H groups in total. The van der Waals surface area contributed by atoms with Gasteiger partial charge in [0.15, 0.2) is 0 Å². The summed E-state index contributed by atoms with van der Waals surface area (Å²) < 4.78 is 28.9. The maximum absolute atomic E-state index is 12.5. The van der Waals surface area contributed by atoms with E-state index in [0.717, 1.165) is 0 Å². The first kappa shape index (κ1) is 16.4. The minimum atomic E-state index is -3.77. The average Bonchev–Trinajstić information content (AvgIpc) is 3.13. The molecule has 2 aromatic heterocycles. The molecule has 0 aliphatic carbocycles. The van der Waals surface area contributed by atoms with Gasteiger partial charge in [-0.25, -0.2) is 22.7 Å². The number of nitrogens with zero attached hydrogens (tertiary/aromatic N) is 1. The number of sulfonamides is 1. The number of rotatable bonds is 5. The Balaban J connectivity index is 1.55. The molecule has 0 saturated carbocycles. The van der Waals surface area contributed by atoms with Gasteiger partial charge in [0.05, 0.1) is 27.0 Å². The Bertz CT molecular complexity index is 1330. The van der Waals surface area contributed by atoms with E-state index in [2.05, 4.69) is 19.7 Å². The first-order valence-electron chi connectivity index (χ1n) is 7.83. The number of nitrogens with one attached hydrogen (secondary N) is 4. The molecule has 0 aliphatic heterocycles. The van der Waals surface area contributed by atoms with Crippen LogP contribution < -0.4 is 16.1 Å². The first-order valence-corrected chi connectivity index (χ1v) is 9.32. The summed E-state index contributed by atoms with van der Waals surface area (Å²) in [6, 6.07) is 11.5. The van der Waals surface area contributed by atoms with E-state index in [1.54, 1.807) is 12.1 Å². The van der Waals surface area contributed by atoms with Gasteiger partial charge in [-0.2, -0.15) is 0 Å². The zero-order valence-electron chi connectivity index (χ0n) is 13.4. The summed E-state index contributed by atoms with van der Waals surface area (Å²) in [6.45, 7) is 0.233. The van der Waals surface area contributed by atoms with Crippen molar-refractivity contribution in [1.82, 2.24) is 24.2 Å². The molecular formula is C16H15N5O4S. The van der Waals surface area contributed by atoms with Crippen LogP contribution in [0.25, 0.3) is 22.1 Å². The fraction of sp³-hybridized carbons (Fsp3) is 0.125. The monoisotopic (exact) mass is 373 g/mol. The minimum absolute atomic E-state index is 0.0338. The average molecular weight is 373 g/mol. The lowest BCUT2D eigenvalue weighted by molar-refractivity contribution is 0.572. The second kappa shape index (κ2) is 6.00. The molecule has 4 rings (SSSR count). The van der Waals surface area contributed by atoms with Gasteiger partial charge in [-0.05, 0) is 30.3 Å². The number of hydrogen-bond donors (Lipinski definition) is 4. The molecule has 0 atom stereocenters. The van der Waals surface area contributed by atoms with Crippen LogP contribution >= 0.6 is 0 Å². The summed E-state index contributed by atoms with van der Waals surface area (Å²) in [6.07, 6.45) is 0. The third-order valence-corrected chi connectivity index (χ3v) is 5.57. The SMILES string of the molecule is O=c1[nH]c2ccc(S(=O)(=O)NCCn3c(=O)[nH]c4ccccc43)cc2[nH]1. The van der Waals surface area contributed by atoms with E-state index in [4.69, 9.17) is 0 Å². The molecule has 0 unspecified atom stereocenters. The Labute approximate surface area is 146 Å². The van der Waals surface area contributed by atoms with Crippen molar-refractivity contribution in [3.05, 3.63) is 63.4 Å². The second-order valence-electron chi connectivity index (χ2n) is 5.78. The van der Waals surface area contributed by atoms with Gasteiger partial charge in [-0.15, -0.1) is 0 Å². The normalized spacial score (nSPS) is 12.2. The summed E-state index contributed by atoms with van der Waals surface area (Å²) in [7, 11) is -3.77. The van der Waals surface area contributed by atoms with Crippen LogP contribution in [0.5, 0.6) is 0 Å². The van der Waals surface area contributed by atoms with Crippen LogP contribution in [-0.2, 0) is 16.6 Å². The lowest BCUT2D eigenvalue weighted by Gasteiger charge is -2.08. The second-order valence-corrected chi connectivity index (χ2v) is 7.55. The Morgan fingerprint density at radius 3 is 2.54 bits per heavy atom. The van der Waals surface area contributed by atoms with Crippen molar-refractivity contribution in [3.63, 3.8) is 0 Å². The van der Waals surface area contributed by atoms with Gasteiger partial charge >= 0.3 is 11.4 Å². The van der Waals surface area contributed by atoms with E-state index in [0.29, 0.717) is 22.1 Å². The third-order valence-electron chi connectivity index (χ3n) is 4.11. The highest BCUT2D eigenvalue weighted by molar-refractivity contribution is 7.89. The van der Waals surface area contributed by atoms with Gasteiger partial charge in [0, 0.05) is 13.1 Å². The zero-order valence-corrected chi connectivity index (χ0v) is 14.3. The fourth-order valence-electron chi connectivity index (χ4n) is 2.88. The van der Waals surface area contributed by atoms with E-state index in [1.807, 2.05) is 12.1 Å². The number of benzene rings is 2. The smallest absolute Gasteiger partial charge is 0.306 e. The number of imidazole rings is 2. The van der Waals surface area contributed by atoms with Crippen molar-refractivity contribution in [1.29, 1.82) is 0 Å². The Hall–Kier alpha value is -3.11. The molecule has 0 bridgehead atoms. The summed E-state index contributed by atoms with van der Waals surface area (Å²) in [5, 5.41) is 0. The Morgan fingerprint density at radius 1 is 0.923 bits per heavy atom. The highest BCUT2D eigenvalue weighted by Gasteiger charge is 2.15. The van der Waals surface area contributed by atoms with Gasteiger partial charge in [0.1, 0.15) is 0 Å². The molecule has 134 valence electrons. The van der Waals surface area contributed by atoms with Crippen molar-refractivity contribution >= 4 is 32.1 Å². The molecular weight excluding hydrogens is 358 g/mol. The molecule has 4 aromatic rings. The van der Waals surface area contributed by atoms with Crippen LogP contribution in [-0.4, -0.2) is 34.5 Å². The van der Waals surface area contributed by atoms with Crippen LogP contribution in [0.3, 0.4) is 0 Å². The first-order chi connectivity index (χ1) is 12.4. The van der Waals surface area contributed by atoms with Crippen LogP contribution in [0.4, 0.5) is 0 Å². The highest BCUT2D eigenvalue weighted by atomic mass is 32.2. The van der Waals surface area contributed by atoms with E-state index in [1.165, 1.54) is 22.8 Å². The van der Waals surface area contributed by atoms with E-state index in [-0.39, 0.29) is 23.7 Å². The standard InChI is InChI=1S/C16H15N5O4S/c22-15-18-11-6-5-10(9-13(11)19-15)26(24,25)17-7-8-21-14-4-2-1-3-12(14)20-16(21)23/h1-6,9,17H,7-8H2,(H,20,23)(H2,18,19,22). The maximum Gasteiger partial charge on any atom is 0.326 e. The van der Waals surface area contributed by atoms with Crippen molar-refractivity contribution in [2.24, 2.45) is 0 Å². The number of fused-ring (bicyclic) bond motifs is 2. The molecule has 26 heavy (non-hydrogen) atoms. The number of H-pyrrole nitrogens is 3. The number of aromatic amines is 3. The number of aromatic nitrogens is 4. The quantitative estimate of drug-likeness (QED) is 0.405. The van der Waals surface area contributed by atoms with E-state index < -0.39 is 15.7 Å². The third kappa shape index (κ3) is 2.85. The molecule has 0 fully saturated rings. The lowest BCUT2D eigenvalue weighted by atomic mass is 10.3. The molecule has 0 radical (unpaired) electrons. The number of para-hydroxylation sites is 2. The van der Waals surface area contributed by atoms with Crippen LogP contribution in [0.2, 0.25) is 0 Å². The number of hydrogen-bond acceptors (Lipinski definition) is 4. The van der Waals surface area contributed by atoms with Gasteiger partial charge in [-0.1, -0.05) is 12.1 Å². The minimum Gasteiger partial charge on any atom is -0.306 e. The van der Waals surface area contributed by atoms with Gasteiger partial charge in [0.25, 0.3) is 0 Å². The lowest BCUT2D eigenvalue weighted by Crippen LogP contribution is -2.30. The Morgan fingerprint density at radius 2 is 1.69 bits per heavy atom. The van der Waals surface area contributed by atoms with Crippen molar-refractivity contribution in [2.75, 3.05) is 6.54 Å². The highest BCUT2D eigenvalue weighted by Crippen LogP contribution is 2.15. The molecule has 10 heteroatoms. The summed E-state index contributed by atoms with van der Waals surface area (Å²) in [5.74, 6) is 0. The van der Waals surface area contributed by atoms with Crippen molar-refractivity contribution in [3.8, 4) is 0 Å². The molecule has 0 spiro atoms. The van der Waals surface area contributed by atoms with Gasteiger partial charge in [-0.3, -0.25) is 4.57 Å². The van der Waals surface area contributed by atoms with Crippen LogP contribution in [0, 0.1) is 0 Å². The molecule has 0 aliphatic rings. The molecule has 2 aromatic carbocycles. The molecule has 9 nitrogen and oxygen atoms in total. The van der Waals surface area contributed by atoms with Gasteiger partial charge in [0.2, 0.25) is 10.0 Å². The van der Waals surface area contributed by atoms with Crippen LogP contribution in [0.15, 0.2) is 56.9 Å². The molecule has 0 saturated heterocycles. The predicted molar refractivity (Wildman–Crippen MR) is 96.7 cm³/mol. The van der Waals surface area contributed by atoms with Crippen LogP contribution in [0.1, 0.15) is 0 Å². The van der Waals surface area contributed by atoms with E-state index >= 15 is 0 Å². The predicted octanol–water partition coefficient (Wildman–Crippen LogP) is 0.478. The largest absolute Gasteiger partial charge is 0.326 e. The zero-order chi connectivity index (χ0) is 18.3. The summed E-state index contributed by atoms with van der Waals surface area (Å²) in [5.41, 5.74) is 1.65. The summed E-state index contributed by atoms with van der Waals surface area (Å²) >= 11 is 0. The van der Waals surface area contributed by atoms with E-state index in [9.17, 15) is 18.0 Å². The molecule has 2 heterocycles.